The monoisotopic (exact) mass is 497 g/mol. The predicted octanol–water partition coefficient (Wildman–Crippen LogP) is 2.39. The van der Waals surface area contributed by atoms with Crippen LogP contribution >= 0.6 is 0 Å². The lowest BCUT2D eigenvalue weighted by molar-refractivity contribution is -0.117. The van der Waals surface area contributed by atoms with E-state index >= 15 is 0 Å². The number of likely N-dealkylation sites (N-methyl/N-ethyl adjacent to an activating group) is 1. The predicted molar refractivity (Wildman–Crippen MR) is 142 cm³/mol. The summed E-state index contributed by atoms with van der Waals surface area (Å²) < 4.78 is 26.7. The van der Waals surface area contributed by atoms with E-state index in [0.717, 1.165) is 44.0 Å². The minimum absolute atomic E-state index is 0.0883. The van der Waals surface area contributed by atoms with Crippen molar-refractivity contribution in [1.29, 1.82) is 0 Å². The topological polar surface area (TPSA) is 76.2 Å². The van der Waals surface area contributed by atoms with Crippen molar-refractivity contribution in [3.63, 3.8) is 0 Å². The third-order valence-corrected chi connectivity index (χ3v) is 8.19. The summed E-state index contributed by atoms with van der Waals surface area (Å²) in [5.74, 6) is -0.0883. The van der Waals surface area contributed by atoms with Gasteiger partial charge in [-0.3, -0.25) is 9.69 Å². The number of piperazine rings is 2. The molecule has 9 heteroatoms. The Bertz CT molecular complexity index is 1090. The van der Waals surface area contributed by atoms with Gasteiger partial charge in [0.05, 0.1) is 6.54 Å². The van der Waals surface area contributed by atoms with Crippen LogP contribution in [0.4, 0.5) is 11.4 Å². The van der Waals surface area contributed by atoms with Crippen molar-refractivity contribution in [3.05, 3.63) is 65.6 Å². The van der Waals surface area contributed by atoms with Gasteiger partial charge >= 0.3 is 0 Å². The van der Waals surface area contributed by atoms with Crippen LogP contribution in [0.1, 0.15) is 12.5 Å². The number of carbonyl (C=O) groups is 1. The maximum Gasteiger partial charge on any atom is 0.238 e. The van der Waals surface area contributed by atoms with Gasteiger partial charge in [-0.1, -0.05) is 37.3 Å². The van der Waals surface area contributed by atoms with E-state index in [-0.39, 0.29) is 12.5 Å². The molecule has 0 spiro atoms. The van der Waals surface area contributed by atoms with Gasteiger partial charge in [-0.2, -0.15) is 4.31 Å². The van der Waals surface area contributed by atoms with Crippen molar-refractivity contribution in [1.82, 2.24) is 14.1 Å². The second-order valence-electron chi connectivity index (χ2n) is 8.95. The number of nitrogens with one attached hydrogen (secondary N) is 1. The summed E-state index contributed by atoms with van der Waals surface area (Å²) in [6, 6.07) is 17.4. The fraction of sp³-hybridized carbons (Fsp3) is 0.423. The van der Waals surface area contributed by atoms with Crippen LogP contribution in [0.25, 0.3) is 6.08 Å². The number of hydrogen-bond donors (Lipinski definition) is 1. The summed E-state index contributed by atoms with van der Waals surface area (Å²) >= 11 is 0. The molecule has 4 rings (SSSR count). The highest BCUT2D eigenvalue weighted by atomic mass is 32.2. The number of benzene rings is 2. The Morgan fingerprint density at radius 2 is 1.49 bits per heavy atom. The van der Waals surface area contributed by atoms with E-state index in [1.54, 1.807) is 6.08 Å². The highest BCUT2D eigenvalue weighted by Gasteiger charge is 2.26. The zero-order valence-corrected chi connectivity index (χ0v) is 21.2. The first-order valence-corrected chi connectivity index (χ1v) is 13.8. The molecule has 0 saturated carbocycles. The molecule has 188 valence electrons. The van der Waals surface area contributed by atoms with E-state index in [9.17, 15) is 13.2 Å². The number of amides is 1. The smallest absolute Gasteiger partial charge is 0.238 e. The van der Waals surface area contributed by atoms with Crippen molar-refractivity contribution < 1.29 is 13.2 Å². The van der Waals surface area contributed by atoms with Crippen molar-refractivity contribution >= 4 is 33.4 Å². The molecule has 2 heterocycles. The van der Waals surface area contributed by atoms with Crippen LogP contribution < -0.4 is 10.2 Å². The average molecular weight is 498 g/mol. The normalized spacial score (nSPS) is 18.7. The minimum Gasteiger partial charge on any atom is -0.369 e. The highest BCUT2D eigenvalue weighted by Crippen LogP contribution is 2.20. The molecular weight excluding hydrogens is 462 g/mol. The Hall–Kier alpha value is -2.72. The lowest BCUT2D eigenvalue weighted by atomic mass is 10.2. The van der Waals surface area contributed by atoms with E-state index < -0.39 is 10.0 Å². The van der Waals surface area contributed by atoms with Gasteiger partial charge in [0.15, 0.2) is 0 Å². The third kappa shape index (κ3) is 7.14. The quantitative estimate of drug-likeness (QED) is 0.604. The van der Waals surface area contributed by atoms with Gasteiger partial charge < -0.3 is 15.1 Å². The summed E-state index contributed by atoms with van der Waals surface area (Å²) in [6.07, 6.45) is 1.62. The van der Waals surface area contributed by atoms with E-state index in [1.165, 1.54) is 15.4 Å². The highest BCUT2D eigenvalue weighted by molar-refractivity contribution is 7.92. The molecule has 0 unspecified atom stereocenters. The fourth-order valence-electron chi connectivity index (χ4n) is 4.44. The second-order valence-corrected chi connectivity index (χ2v) is 10.8. The van der Waals surface area contributed by atoms with Crippen molar-refractivity contribution in [3.8, 4) is 0 Å². The van der Waals surface area contributed by atoms with E-state index in [0.29, 0.717) is 26.2 Å². The summed E-state index contributed by atoms with van der Waals surface area (Å²) in [4.78, 5) is 19.4. The largest absolute Gasteiger partial charge is 0.369 e. The molecule has 0 aromatic heterocycles. The Morgan fingerprint density at radius 3 is 2.11 bits per heavy atom. The molecule has 2 aromatic rings. The van der Waals surface area contributed by atoms with E-state index in [1.807, 2.05) is 47.4 Å². The lowest BCUT2D eigenvalue weighted by Gasteiger charge is -2.35. The minimum atomic E-state index is -3.48. The molecule has 0 radical (unpaired) electrons. The van der Waals surface area contributed by atoms with Gasteiger partial charge in [0.2, 0.25) is 15.9 Å². The number of nitrogens with zero attached hydrogens (tertiary/aromatic N) is 4. The molecule has 0 bridgehead atoms. The number of rotatable bonds is 8. The van der Waals surface area contributed by atoms with Crippen molar-refractivity contribution in [2.45, 2.75) is 6.92 Å². The van der Waals surface area contributed by atoms with Crippen LogP contribution in [0.15, 0.2) is 60.0 Å². The van der Waals surface area contributed by atoms with Crippen LogP contribution in [0.3, 0.4) is 0 Å². The molecule has 2 aliphatic heterocycles. The molecule has 1 N–H and O–H groups in total. The SMILES string of the molecule is CCN1CCN(c2ccc(NC(=O)CN3CCN(S(=O)(=O)/C=C/c4ccccc4)CC3)cc2)CC1. The van der Waals surface area contributed by atoms with Gasteiger partial charge in [-0.15, -0.1) is 0 Å². The number of anilines is 2. The molecular formula is C26H35N5O3S. The van der Waals surface area contributed by atoms with Gasteiger partial charge in [0.25, 0.3) is 0 Å². The number of carbonyl (C=O) groups excluding carboxylic acids is 1. The lowest BCUT2D eigenvalue weighted by Crippen LogP contribution is -2.49. The Kier molecular flexibility index (Phi) is 8.56. The van der Waals surface area contributed by atoms with Gasteiger partial charge in [0.1, 0.15) is 0 Å². The van der Waals surface area contributed by atoms with Crippen molar-refractivity contribution in [2.75, 3.05) is 75.7 Å². The van der Waals surface area contributed by atoms with Crippen LogP contribution in [0, 0.1) is 0 Å². The molecule has 0 aliphatic carbocycles. The van der Waals surface area contributed by atoms with Crippen LogP contribution in [-0.4, -0.2) is 93.9 Å². The zero-order chi connectivity index (χ0) is 24.7. The maximum absolute atomic E-state index is 12.6. The molecule has 8 nitrogen and oxygen atoms in total. The molecule has 0 atom stereocenters. The maximum atomic E-state index is 12.6. The van der Waals surface area contributed by atoms with E-state index in [2.05, 4.69) is 34.2 Å². The van der Waals surface area contributed by atoms with E-state index in [4.69, 9.17) is 0 Å². The summed E-state index contributed by atoms with van der Waals surface area (Å²) in [6.45, 7) is 9.50. The van der Waals surface area contributed by atoms with Crippen LogP contribution in [0.2, 0.25) is 0 Å². The molecule has 2 aromatic carbocycles. The zero-order valence-electron chi connectivity index (χ0n) is 20.3. The number of sulfonamides is 1. The Morgan fingerprint density at radius 1 is 0.857 bits per heavy atom. The summed E-state index contributed by atoms with van der Waals surface area (Å²) in [5, 5.41) is 4.23. The first-order valence-electron chi connectivity index (χ1n) is 12.3. The van der Waals surface area contributed by atoms with Gasteiger partial charge in [0, 0.05) is 69.1 Å². The first-order chi connectivity index (χ1) is 16.9. The third-order valence-electron chi connectivity index (χ3n) is 6.63. The average Bonchev–Trinajstić information content (AvgIpc) is 2.89. The Balaban J connectivity index is 1.21. The molecule has 2 aliphatic rings. The summed E-state index contributed by atoms with van der Waals surface area (Å²) in [5.41, 5.74) is 2.80. The second kappa shape index (κ2) is 11.8. The van der Waals surface area contributed by atoms with Gasteiger partial charge in [-0.05, 0) is 42.4 Å². The van der Waals surface area contributed by atoms with Crippen LogP contribution in [0.5, 0.6) is 0 Å². The van der Waals surface area contributed by atoms with Crippen LogP contribution in [-0.2, 0) is 14.8 Å². The molecule has 2 saturated heterocycles. The fourth-order valence-corrected chi connectivity index (χ4v) is 5.61. The Labute approximate surface area is 208 Å². The molecule has 2 fully saturated rings. The number of hydrogen-bond acceptors (Lipinski definition) is 6. The summed E-state index contributed by atoms with van der Waals surface area (Å²) in [7, 11) is -3.48. The first kappa shape index (κ1) is 25.4. The standard InChI is InChI=1S/C26H35N5O3S/c1-2-28-13-17-30(18-14-28)25-10-8-24(9-11-25)27-26(32)22-29-15-19-31(20-16-29)35(33,34)21-12-23-6-4-3-5-7-23/h3-12,21H,2,13-20,22H2,1H3,(H,27,32)/b21-12+. The molecule has 1 amide bonds. The van der Waals surface area contributed by atoms with Crippen molar-refractivity contribution in [2.24, 2.45) is 0 Å². The van der Waals surface area contributed by atoms with Gasteiger partial charge in [-0.25, -0.2) is 8.42 Å². The molecule has 35 heavy (non-hydrogen) atoms.